The molecule has 0 spiro atoms. The Morgan fingerprint density at radius 2 is 2.33 bits per heavy atom. The molecule has 2 rings (SSSR count). The average molecular weight is 271 g/mol. The summed E-state index contributed by atoms with van der Waals surface area (Å²) in [5.41, 5.74) is 0.0464. The van der Waals surface area contributed by atoms with Gasteiger partial charge in [-0.05, 0) is 43.6 Å². The molecule has 1 amide bonds. The third-order valence-corrected chi connectivity index (χ3v) is 3.51. The molecule has 2 unspecified atom stereocenters. The summed E-state index contributed by atoms with van der Waals surface area (Å²) >= 11 is 5.66. The zero-order chi connectivity index (χ0) is 13.1. The fourth-order valence-corrected chi connectivity index (χ4v) is 2.31. The largest absolute Gasteiger partial charge is 0.349 e. The van der Waals surface area contributed by atoms with Gasteiger partial charge in [-0.1, -0.05) is 18.5 Å². The standard InChI is InChI=1S/C13H16ClFN2O/c1-8-7-16-5-4-12(8)17-13(18)10-3-2-9(14)6-11(10)15/h2-3,6,8,12,16H,4-5,7H2,1H3,(H,17,18). The summed E-state index contributed by atoms with van der Waals surface area (Å²) < 4.78 is 13.6. The van der Waals surface area contributed by atoms with Gasteiger partial charge < -0.3 is 10.6 Å². The van der Waals surface area contributed by atoms with Crippen LogP contribution in [0.25, 0.3) is 0 Å². The van der Waals surface area contributed by atoms with Gasteiger partial charge in [-0.3, -0.25) is 4.79 Å². The summed E-state index contributed by atoms with van der Waals surface area (Å²) in [5.74, 6) is -0.609. The first-order valence-electron chi connectivity index (χ1n) is 6.04. The van der Waals surface area contributed by atoms with Gasteiger partial charge in [0.05, 0.1) is 5.56 Å². The third-order valence-electron chi connectivity index (χ3n) is 3.28. The van der Waals surface area contributed by atoms with E-state index in [1.54, 1.807) is 0 Å². The molecule has 1 aromatic carbocycles. The molecule has 98 valence electrons. The molecule has 2 atom stereocenters. The van der Waals surface area contributed by atoms with E-state index in [4.69, 9.17) is 11.6 Å². The van der Waals surface area contributed by atoms with Gasteiger partial charge in [0.2, 0.25) is 0 Å². The molecule has 1 aromatic rings. The zero-order valence-electron chi connectivity index (χ0n) is 10.2. The highest BCUT2D eigenvalue weighted by Gasteiger charge is 2.24. The third kappa shape index (κ3) is 3.00. The number of benzene rings is 1. The molecule has 1 aliphatic rings. The first kappa shape index (κ1) is 13.3. The fraction of sp³-hybridized carbons (Fsp3) is 0.462. The molecule has 1 aliphatic heterocycles. The number of hydrogen-bond acceptors (Lipinski definition) is 2. The lowest BCUT2D eigenvalue weighted by Gasteiger charge is -2.30. The van der Waals surface area contributed by atoms with Crippen LogP contribution in [0.4, 0.5) is 4.39 Å². The van der Waals surface area contributed by atoms with Gasteiger partial charge in [-0.15, -0.1) is 0 Å². The van der Waals surface area contributed by atoms with Crippen LogP contribution in [0.3, 0.4) is 0 Å². The van der Waals surface area contributed by atoms with Crippen molar-refractivity contribution in [2.75, 3.05) is 13.1 Å². The Hall–Kier alpha value is -1.13. The number of nitrogens with one attached hydrogen (secondary N) is 2. The average Bonchev–Trinajstić information content (AvgIpc) is 2.32. The van der Waals surface area contributed by atoms with E-state index in [1.807, 2.05) is 0 Å². The molecule has 1 saturated heterocycles. The van der Waals surface area contributed by atoms with Crippen molar-refractivity contribution >= 4 is 17.5 Å². The van der Waals surface area contributed by atoms with Crippen molar-refractivity contribution in [3.63, 3.8) is 0 Å². The van der Waals surface area contributed by atoms with Crippen LogP contribution >= 0.6 is 11.6 Å². The van der Waals surface area contributed by atoms with Crippen LogP contribution in [0.1, 0.15) is 23.7 Å². The maximum absolute atomic E-state index is 13.6. The van der Waals surface area contributed by atoms with E-state index < -0.39 is 5.82 Å². The number of carbonyl (C=O) groups excluding carboxylic acids is 1. The highest BCUT2D eigenvalue weighted by molar-refractivity contribution is 6.30. The van der Waals surface area contributed by atoms with E-state index >= 15 is 0 Å². The first-order chi connectivity index (χ1) is 8.58. The molecule has 0 saturated carbocycles. The van der Waals surface area contributed by atoms with Crippen molar-refractivity contribution in [1.82, 2.24) is 10.6 Å². The topological polar surface area (TPSA) is 41.1 Å². The molecule has 0 bridgehead atoms. The van der Waals surface area contributed by atoms with Gasteiger partial charge in [0.25, 0.3) is 5.91 Å². The number of amides is 1. The van der Waals surface area contributed by atoms with Crippen molar-refractivity contribution in [1.29, 1.82) is 0 Å². The second-order valence-corrected chi connectivity index (χ2v) is 5.11. The van der Waals surface area contributed by atoms with Crippen molar-refractivity contribution in [3.8, 4) is 0 Å². The Bertz CT molecular complexity index is 453. The van der Waals surface area contributed by atoms with Crippen molar-refractivity contribution in [2.45, 2.75) is 19.4 Å². The second kappa shape index (κ2) is 5.67. The Balaban J connectivity index is 2.07. The number of piperidine rings is 1. The molecular formula is C13H16ClFN2O. The molecule has 1 heterocycles. The zero-order valence-corrected chi connectivity index (χ0v) is 10.9. The van der Waals surface area contributed by atoms with Gasteiger partial charge in [0.15, 0.2) is 0 Å². The highest BCUT2D eigenvalue weighted by Crippen LogP contribution is 2.16. The van der Waals surface area contributed by atoms with Gasteiger partial charge in [-0.25, -0.2) is 4.39 Å². The Morgan fingerprint density at radius 1 is 1.56 bits per heavy atom. The minimum absolute atomic E-state index is 0.0464. The van der Waals surface area contributed by atoms with Crippen LogP contribution in [-0.4, -0.2) is 25.0 Å². The lowest BCUT2D eigenvalue weighted by molar-refractivity contribution is 0.0910. The van der Waals surface area contributed by atoms with Crippen LogP contribution in [0, 0.1) is 11.7 Å². The normalized spacial score (nSPS) is 23.7. The Morgan fingerprint density at radius 3 is 3.00 bits per heavy atom. The van der Waals surface area contributed by atoms with E-state index in [2.05, 4.69) is 17.6 Å². The molecule has 1 fully saturated rings. The van der Waals surface area contributed by atoms with E-state index in [1.165, 1.54) is 12.1 Å². The molecule has 18 heavy (non-hydrogen) atoms. The van der Waals surface area contributed by atoms with Crippen LogP contribution < -0.4 is 10.6 Å². The molecule has 0 radical (unpaired) electrons. The summed E-state index contributed by atoms with van der Waals surface area (Å²) in [6, 6.07) is 4.18. The summed E-state index contributed by atoms with van der Waals surface area (Å²) in [6.45, 7) is 3.81. The molecule has 0 aliphatic carbocycles. The van der Waals surface area contributed by atoms with Crippen molar-refractivity contribution in [2.24, 2.45) is 5.92 Å². The van der Waals surface area contributed by atoms with E-state index in [-0.39, 0.29) is 17.5 Å². The lowest BCUT2D eigenvalue weighted by atomic mass is 9.95. The van der Waals surface area contributed by atoms with E-state index in [9.17, 15) is 9.18 Å². The second-order valence-electron chi connectivity index (χ2n) is 4.67. The van der Waals surface area contributed by atoms with Crippen LogP contribution in [0.5, 0.6) is 0 Å². The van der Waals surface area contributed by atoms with Gasteiger partial charge in [0, 0.05) is 11.1 Å². The predicted octanol–water partition coefficient (Wildman–Crippen LogP) is 2.21. The molecule has 5 heteroatoms. The molecule has 2 N–H and O–H groups in total. The maximum Gasteiger partial charge on any atom is 0.254 e. The van der Waals surface area contributed by atoms with Crippen LogP contribution in [0.2, 0.25) is 5.02 Å². The summed E-state index contributed by atoms with van der Waals surface area (Å²) in [4.78, 5) is 12.0. The molecule has 0 aromatic heterocycles. The number of rotatable bonds is 2. The lowest BCUT2D eigenvalue weighted by Crippen LogP contribution is -2.48. The SMILES string of the molecule is CC1CNCCC1NC(=O)c1ccc(Cl)cc1F. The van der Waals surface area contributed by atoms with Gasteiger partial charge >= 0.3 is 0 Å². The summed E-state index contributed by atoms with van der Waals surface area (Å²) in [5, 5.41) is 6.43. The first-order valence-corrected chi connectivity index (χ1v) is 6.42. The fourth-order valence-electron chi connectivity index (χ4n) is 2.15. The summed E-state index contributed by atoms with van der Waals surface area (Å²) in [7, 11) is 0. The van der Waals surface area contributed by atoms with Gasteiger partial charge in [0.1, 0.15) is 5.82 Å². The number of halogens is 2. The van der Waals surface area contributed by atoms with E-state index in [0.717, 1.165) is 25.6 Å². The molecule has 3 nitrogen and oxygen atoms in total. The van der Waals surface area contributed by atoms with Crippen LogP contribution in [0.15, 0.2) is 18.2 Å². The number of hydrogen-bond donors (Lipinski definition) is 2. The van der Waals surface area contributed by atoms with Crippen LogP contribution in [-0.2, 0) is 0 Å². The minimum Gasteiger partial charge on any atom is -0.349 e. The minimum atomic E-state index is -0.582. The molecular weight excluding hydrogens is 255 g/mol. The van der Waals surface area contributed by atoms with E-state index in [0.29, 0.717) is 10.9 Å². The number of carbonyl (C=O) groups is 1. The Labute approximate surface area is 111 Å². The smallest absolute Gasteiger partial charge is 0.254 e. The highest BCUT2D eigenvalue weighted by atomic mass is 35.5. The maximum atomic E-state index is 13.6. The van der Waals surface area contributed by atoms with Gasteiger partial charge in [-0.2, -0.15) is 0 Å². The van der Waals surface area contributed by atoms with Crippen molar-refractivity contribution < 1.29 is 9.18 Å². The predicted molar refractivity (Wildman–Crippen MR) is 69.3 cm³/mol. The monoisotopic (exact) mass is 270 g/mol. The quantitative estimate of drug-likeness (QED) is 0.865. The van der Waals surface area contributed by atoms with Crippen molar-refractivity contribution in [3.05, 3.63) is 34.6 Å². The Kier molecular flexibility index (Phi) is 4.19. The summed E-state index contributed by atoms with van der Waals surface area (Å²) in [6.07, 6.45) is 0.863.